The van der Waals surface area contributed by atoms with Crippen LogP contribution in [0.4, 0.5) is 10.7 Å². The molecule has 0 unspecified atom stereocenters. The molecule has 0 bridgehead atoms. The topological polar surface area (TPSA) is 115 Å². The van der Waals surface area contributed by atoms with Crippen LogP contribution in [0.25, 0.3) is 28.2 Å². The van der Waals surface area contributed by atoms with Gasteiger partial charge in [-0.3, -0.25) is 0 Å². The number of rotatable bonds is 9. The molecule has 1 aliphatic carbocycles. The molecule has 1 amide bonds. The number of nitrogens with zero attached hydrogens (tertiary/aromatic N) is 3. The van der Waals surface area contributed by atoms with Crippen molar-refractivity contribution in [3.8, 4) is 11.3 Å². The average molecular weight is 636 g/mol. The lowest BCUT2D eigenvalue weighted by atomic mass is 9.80. The van der Waals surface area contributed by atoms with E-state index in [0.29, 0.717) is 29.2 Å². The molecule has 46 heavy (non-hydrogen) atoms. The van der Waals surface area contributed by atoms with Gasteiger partial charge in [-0.25, -0.2) is 23.2 Å². The van der Waals surface area contributed by atoms with Crippen LogP contribution < -0.4 is 10.6 Å². The van der Waals surface area contributed by atoms with E-state index in [1.54, 1.807) is 54.2 Å². The molecular formula is C36H37N5O4S. The van der Waals surface area contributed by atoms with Crippen LogP contribution in [0.15, 0.2) is 108 Å². The van der Waals surface area contributed by atoms with Crippen LogP contribution in [0, 0.1) is 0 Å². The third-order valence-corrected chi connectivity index (χ3v) is 10.4. The standard InChI is InChI=1S/C36H37N5O4S/c1-4-26-23-37-34(38-27-16-13-21-36(2,22-27)40-35(42)45-24-25-14-7-5-8-15-25)39-32(26)31-29-19-11-12-20-30(29)41(3)33(31)46(43,44)28-17-9-6-10-18-28/h4-12,14-15,17-20,23,27H,1,13,16,21-22,24H2,2-3H3,(H,40,42)(H,37,38,39)/t27-,36+/m1/s1. The van der Waals surface area contributed by atoms with Crippen molar-refractivity contribution < 1.29 is 17.9 Å². The van der Waals surface area contributed by atoms with Crippen LogP contribution >= 0.6 is 0 Å². The first kappa shape index (κ1) is 31.0. The Morgan fingerprint density at radius 3 is 2.50 bits per heavy atom. The van der Waals surface area contributed by atoms with Crippen LogP contribution in [0.3, 0.4) is 0 Å². The molecule has 0 saturated heterocycles. The molecule has 1 saturated carbocycles. The number of nitrogens with one attached hydrogen (secondary N) is 2. The molecule has 3 aromatic carbocycles. The Hall–Kier alpha value is -4.96. The van der Waals surface area contributed by atoms with E-state index in [1.807, 2.05) is 61.5 Å². The van der Waals surface area contributed by atoms with E-state index in [2.05, 4.69) is 22.2 Å². The van der Waals surface area contributed by atoms with E-state index in [-0.39, 0.29) is 22.6 Å². The Morgan fingerprint density at radius 1 is 1.07 bits per heavy atom. The lowest BCUT2D eigenvalue weighted by Crippen LogP contribution is -2.51. The van der Waals surface area contributed by atoms with E-state index in [0.717, 1.165) is 35.7 Å². The van der Waals surface area contributed by atoms with Crippen LogP contribution in [0.1, 0.15) is 43.7 Å². The monoisotopic (exact) mass is 635 g/mol. The number of ether oxygens (including phenoxy) is 1. The van der Waals surface area contributed by atoms with E-state index < -0.39 is 21.5 Å². The summed E-state index contributed by atoms with van der Waals surface area (Å²) in [4.78, 5) is 22.4. The number of benzene rings is 3. The maximum absolute atomic E-state index is 14.2. The summed E-state index contributed by atoms with van der Waals surface area (Å²) in [5.41, 5.74) is 2.79. The molecule has 0 spiro atoms. The summed E-state index contributed by atoms with van der Waals surface area (Å²) >= 11 is 0. The first-order chi connectivity index (χ1) is 22.2. The van der Waals surface area contributed by atoms with Crippen molar-refractivity contribution >= 4 is 38.9 Å². The summed E-state index contributed by atoms with van der Waals surface area (Å²) in [7, 11) is -2.17. The van der Waals surface area contributed by atoms with Crippen molar-refractivity contribution in [2.24, 2.45) is 7.05 Å². The van der Waals surface area contributed by atoms with Crippen molar-refractivity contribution in [3.63, 3.8) is 0 Å². The third-order valence-electron chi connectivity index (χ3n) is 8.56. The van der Waals surface area contributed by atoms with Crippen LogP contribution in [0.5, 0.6) is 0 Å². The molecule has 1 fully saturated rings. The Morgan fingerprint density at radius 2 is 1.76 bits per heavy atom. The molecule has 5 aromatic rings. The van der Waals surface area contributed by atoms with E-state index >= 15 is 0 Å². The molecule has 236 valence electrons. The van der Waals surface area contributed by atoms with Gasteiger partial charge in [-0.05, 0) is 56.4 Å². The second kappa shape index (κ2) is 12.8. The molecule has 2 N–H and O–H groups in total. The first-order valence-electron chi connectivity index (χ1n) is 15.3. The zero-order valence-corrected chi connectivity index (χ0v) is 26.8. The van der Waals surface area contributed by atoms with Crippen molar-refractivity contribution in [3.05, 3.63) is 109 Å². The number of hydrogen-bond donors (Lipinski definition) is 2. The van der Waals surface area contributed by atoms with Crippen LogP contribution in [-0.4, -0.2) is 40.6 Å². The van der Waals surface area contributed by atoms with Crippen LogP contribution in [-0.2, 0) is 28.2 Å². The molecule has 9 nitrogen and oxygen atoms in total. The first-order valence-corrected chi connectivity index (χ1v) is 16.8. The van der Waals surface area contributed by atoms with Gasteiger partial charge in [-0.15, -0.1) is 0 Å². The molecule has 2 aromatic heterocycles. The predicted molar refractivity (Wildman–Crippen MR) is 180 cm³/mol. The fourth-order valence-electron chi connectivity index (χ4n) is 6.35. The number of sulfone groups is 1. The third kappa shape index (κ3) is 6.25. The molecule has 2 heterocycles. The van der Waals surface area contributed by atoms with Gasteiger partial charge in [0.1, 0.15) is 11.6 Å². The Balaban J connectivity index is 1.30. The molecule has 1 aliphatic rings. The smallest absolute Gasteiger partial charge is 0.407 e. The summed E-state index contributed by atoms with van der Waals surface area (Å²) in [5.74, 6) is 0.373. The fraction of sp³-hybridized carbons (Fsp3) is 0.250. The fourth-order valence-corrected chi connectivity index (χ4v) is 8.02. The summed E-state index contributed by atoms with van der Waals surface area (Å²) in [6.07, 6.45) is 6.04. The van der Waals surface area contributed by atoms with Gasteiger partial charge in [0.05, 0.1) is 10.6 Å². The minimum absolute atomic E-state index is 0.0318. The molecule has 2 atom stereocenters. The van der Waals surface area contributed by atoms with Gasteiger partial charge >= 0.3 is 6.09 Å². The van der Waals surface area contributed by atoms with Gasteiger partial charge in [0.2, 0.25) is 15.8 Å². The van der Waals surface area contributed by atoms with E-state index in [4.69, 9.17) is 9.72 Å². The average Bonchev–Trinajstić information content (AvgIpc) is 3.37. The second-order valence-corrected chi connectivity index (χ2v) is 13.8. The Kier molecular flexibility index (Phi) is 8.64. The summed E-state index contributed by atoms with van der Waals surface area (Å²) in [5, 5.41) is 7.45. The van der Waals surface area contributed by atoms with Crippen molar-refractivity contribution in [2.75, 3.05) is 5.32 Å². The number of aryl methyl sites for hydroxylation is 1. The summed E-state index contributed by atoms with van der Waals surface area (Å²) in [6.45, 7) is 6.20. The summed E-state index contributed by atoms with van der Waals surface area (Å²) < 4.78 is 35.5. The number of alkyl carbamates (subject to hydrolysis) is 1. The molecular weight excluding hydrogens is 598 g/mol. The molecule has 6 rings (SSSR count). The summed E-state index contributed by atoms with van der Waals surface area (Å²) in [6, 6.07) is 25.6. The number of fused-ring (bicyclic) bond motifs is 1. The van der Waals surface area contributed by atoms with Crippen molar-refractivity contribution in [1.29, 1.82) is 0 Å². The zero-order valence-electron chi connectivity index (χ0n) is 25.9. The number of para-hydroxylation sites is 1. The molecule has 0 aliphatic heterocycles. The number of carbonyl (C=O) groups is 1. The Labute approximate surface area is 269 Å². The molecule has 0 radical (unpaired) electrons. The highest BCUT2D eigenvalue weighted by molar-refractivity contribution is 7.91. The van der Waals surface area contributed by atoms with Gasteiger partial charge < -0.3 is 19.9 Å². The second-order valence-electron chi connectivity index (χ2n) is 12.0. The number of hydrogen-bond acceptors (Lipinski definition) is 7. The highest BCUT2D eigenvalue weighted by Crippen LogP contribution is 2.40. The number of amides is 1. The van der Waals surface area contributed by atoms with Crippen molar-refractivity contribution in [2.45, 2.75) is 60.7 Å². The lowest BCUT2D eigenvalue weighted by Gasteiger charge is -2.38. The van der Waals surface area contributed by atoms with Gasteiger partial charge in [0, 0.05) is 46.9 Å². The molecule has 10 heteroatoms. The predicted octanol–water partition coefficient (Wildman–Crippen LogP) is 7.15. The van der Waals surface area contributed by atoms with Crippen LogP contribution in [0.2, 0.25) is 0 Å². The lowest BCUT2D eigenvalue weighted by molar-refractivity contribution is 0.120. The SMILES string of the molecule is C=Cc1cnc(N[C@@H]2CCC[C@](C)(NC(=O)OCc3ccccc3)C2)nc1-c1c(S(=O)(=O)c2ccccc2)n(C)c2ccccc12. The number of aromatic nitrogens is 3. The van der Waals surface area contributed by atoms with Gasteiger partial charge in [0.25, 0.3) is 0 Å². The highest BCUT2D eigenvalue weighted by Gasteiger charge is 2.35. The Bertz CT molecular complexity index is 1990. The normalized spacial score (nSPS) is 18.2. The van der Waals surface area contributed by atoms with E-state index in [1.165, 1.54) is 0 Å². The minimum atomic E-state index is -3.93. The number of anilines is 1. The van der Waals surface area contributed by atoms with E-state index in [9.17, 15) is 13.2 Å². The minimum Gasteiger partial charge on any atom is -0.445 e. The van der Waals surface area contributed by atoms with Gasteiger partial charge in [0.15, 0.2) is 0 Å². The van der Waals surface area contributed by atoms with Gasteiger partial charge in [-0.1, -0.05) is 79.4 Å². The largest absolute Gasteiger partial charge is 0.445 e. The maximum atomic E-state index is 14.2. The zero-order chi connectivity index (χ0) is 32.3. The maximum Gasteiger partial charge on any atom is 0.407 e. The van der Waals surface area contributed by atoms with Gasteiger partial charge in [-0.2, -0.15) is 0 Å². The highest BCUT2D eigenvalue weighted by atomic mass is 32.2. The quantitative estimate of drug-likeness (QED) is 0.177. The van der Waals surface area contributed by atoms with Crippen molar-refractivity contribution in [1.82, 2.24) is 19.9 Å². The number of carbonyl (C=O) groups excluding carboxylic acids is 1.